The van der Waals surface area contributed by atoms with Gasteiger partial charge in [0, 0.05) is 28.8 Å². The summed E-state index contributed by atoms with van der Waals surface area (Å²) in [7, 11) is 2.19. The van der Waals surface area contributed by atoms with Gasteiger partial charge in [-0.05, 0) is 44.7 Å². The molecule has 0 spiro atoms. The van der Waals surface area contributed by atoms with E-state index in [2.05, 4.69) is 64.4 Å². The predicted octanol–water partition coefficient (Wildman–Crippen LogP) is 2.95. The van der Waals surface area contributed by atoms with Crippen LogP contribution in [0.15, 0.2) is 28.7 Å². The Morgan fingerprint density at radius 1 is 1.33 bits per heavy atom. The van der Waals surface area contributed by atoms with Crippen molar-refractivity contribution in [2.75, 3.05) is 18.9 Å². The molecule has 15 heavy (non-hydrogen) atoms. The molecule has 0 amide bonds. The third-order valence-corrected chi connectivity index (χ3v) is 3.63. The minimum absolute atomic E-state index is 0.589. The van der Waals surface area contributed by atoms with Crippen molar-refractivity contribution in [3.05, 3.63) is 28.7 Å². The average molecular weight is 269 g/mol. The summed E-state index contributed by atoms with van der Waals surface area (Å²) in [5.74, 6) is 0. The molecule has 0 aromatic heterocycles. The van der Waals surface area contributed by atoms with Crippen LogP contribution in [-0.2, 0) is 0 Å². The van der Waals surface area contributed by atoms with Crippen molar-refractivity contribution in [3.8, 4) is 0 Å². The number of nitrogens with one attached hydrogen (secondary N) is 1. The van der Waals surface area contributed by atoms with E-state index in [0.29, 0.717) is 12.1 Å². The van der Waals surface area contributed by atoms with Crippen LogP contribution in [0.25, 0.3) is 0 Å². The van der Waals surface area contributed by atoms with Gasteiger partial charge in [0.15, 0.2) is 0 Å². The lowest BCUT2D eigenvalue weighted by atomic mass is 10.2. The highest BCUT2D eigenvalue weighted by Crippen LogP contribution is 2.20. The molecule has 82 valence electrons. The smallest absolute Gasteiger partial charge is 0.0403 e. The Morgan fingerprint density at radius 3 is 2.53 bits per heavy atom. The van der Waals surface area contributed by atoms with Crippen LogP contribution in [0.2, 0.25) is 0 Å². The molecular formula is C12H17BrN2. The molecule has 1 heterocycles. The summed E-state index contributed by atoms with van der Waals surface area (Å²) in [5.41, 5.74) is 1.21. The lowest BCUT2D eigenvalue weighted by Crippen LogP contribution is -2.24. The number of benzene rings is 1. The number of anilines is 1. The van der Waals surface area contributed by atoms with Gasteiger partial charge >= 0.3 is 0 Å². The number of likely N-dealkylation sites (tertiary alicyclic amines) is 1. The van der Waals surface area contributed by atoms with Crippen LogP contribution in [0.4, 0.5) is 5.69 Å². The molecule has 0 saturated carbocycles. The zero-order valence-corrected chi connectivity index (χ0v) is 10.8. The first-order valence-corrected chi connectivity index (χ1v) is 6.17. The summed E-state index contributed by atoms with van der Waals surface area (Å²) < 4.78 is 1.13. The highest BCUT2D eigenvalue weighted by atomic mass is 79.9. The number of nitrogens with zero attached hydrogens (tertiary/aromatic N) is 1. The first kappa shape index (κ1) is 11.0. The molecular weight excluding hydrogens is 252 g/mol. The van der Waals surface area contributed by atoms with E-state index in [4.69, 9.17) is 0 Å². The Bertz CT molecular complexity index is 313. The van der Waals surface area contributed by atoms with Crippen molar-refractivity contribution in [1.29, 1.82) is 0 Å². The van der Waals surface area contributed by atoms with Gasteiger partial charge in [-0.1, -0.05) is 15.9 Å². The second kappa shape index (κ2) is 4.54. The fraction of sp³-hybridized carbons (Fsp3) is 0.500. The van der Waals surface area contributed by atoms with Gasteiger partial charge in [-0.3, -0.25) is 0 Å². The van der Waals surface area contributed by atoms with E-state index in [1.54, 1.807) is 0 Å². The first-order chi connectivity index (χ1) is 7.15. The van der Waals surface area contributed by atoms with Crippen molar-refractivity contribution in [2.24, 2.45) is 0 Å². The monoisotopic (exact) mass is 268 g/mol. The molecule has 2 nitrogen and oxygen atoms in total. The molecule has 1 aliphatic heterocycles. The van der Waals surface area contributed by atoms with Crippen LogP contribution in [0, 0.1) is 0 Å². The fourth-order valence-corrected chi connectivity index (χ4v) is 2.34. The summed E-state index contributed by atoms with van der Waals surface area (Å²) in [6.45, 7) is 3.42. The molecule has 1 fully saturated rings. The van der Waals surface area contributed by atoms with Crippen LogP contribution in [0.1, 0.15) is 13.3 Å². The number of halogens is 1. The zero-order valence-electron chi connectivity index (χ0n) is 9.20. The summed E-state index contributed by atoms with van der Waals surface area (Å²) in [5, 5.41) is 3.57. The molecule has 2 unspecified atom stereocenters. The van der Waals surface area contributed by atoms with Crippen molar-refractivity contribution in [3.63, 3.8) is 0 Å². The highest BCUT2D eigenvalue weighted by molar-refractivity contribution is 9.10. The normalized spacial score (nSPS) is 26.9. The van der Waals surface area contributed by atoms with Crippen molar-refractivity contribution < 1.29 is 0 Å². The second-order valence-electron chi connectivity index (χ2n) is 4.37. The number of likely N-dealkylation sites (N-methyl/N-ethyl adjacent to an activating group) is 1. The van der Waals surface area contributed by atoms with Crippen LogP contribution >= 0.6 is 15.9 Å². The highest BCUT2D eigenvalue weighted by Gasteiger charge is 2.25. The Hall–Kier alpha value is -0.540. The summed E-state index contributed by atoms with van der Waals surface area (Å²) in [6.07, 6.45) is 1.23. The van der Waals surface area contributed by atoms with E-state index >= 15 is 0 Å². The van der Waals surface area contributed by atoms with Gasteiger partial charge in [0.2, 0.25) is 0 Å². The summed E-state index contributed by atoms with van der Waals surface area (Å²) >= 11 is 3.44. The van der Waals surface area contributed by atoms with E-state index < -0.39 is 0 Å². The molecule has 0 radical (unpaired) electrons. The van der Waals surface area contributed by atoms with Gasteiger partial charge in [0.1, 0.15) is 0 Å². The molecule has 1 aliphatic rings. The van der Waals surface area contributed by atoms with Gasteiger partial charge in [-0.2, -0.15) is 0 Å². The van der Waals surface area contributed by atoms with Crippen LogP contribution in [0.5, 0.6) is 0 Å². The number of rotatable bonds is 2. The predicted molar refractivity (Wildman–Crippen MR) is 68.3 cm³/mol. The molecule has 2 atom stereocenters. The SMILES string of the molecule is CC1CC(Nc2ccc(Br)cc2)CN1C. The molecule has 1 aromatic carbocycles. The van der Waals surface area contributed by atoms with Gasteiger partial charge in [-0.25, -0.2) is 0 Å². The molecule has 1 aromatic rings. The Labute approximate surface area is 99.8 Å². The molecule has 2 rings (SSSR count). The third-order valence-electron chi connectivity index (χ3n) is 3.10. The molecule has 0 bridgehead atoms. The van der Waals surface area contributed by atoms with Crippen molar-refractivity contribution >= 4 is 21.6 Å². The Morgan fingerprint density at radius 2 is 2.00 bits per heavy atom. The minimum atomic E-state index is 0.589. The maximum atomic E-state index is 3.57. The standard InChI is InChI=1S/C12H17BrN2/c1-9-7-12(8-15(9)2)14-11-5-3-10(13)4-6-11/h3-6,9,12,14H,7-8H2,1-2H3. The largest absolute Gasteiger partial charge is 0.381 e. The van der Waals surface area contributed by atoms with Gasteiger partial charge < -0.3 is 10.2 Å². The summed E-state index contributed by atoms with van der Waals surface area (Å²) in [4.78, 5) is 2.40. The first-order valence-electron chi connectivity index (χ1n) is 5.37. The minimum Gasteiger partial charge on any atom is -0.381 e. The van der Waals surface area contributed by atoms with Gasteiger partial charge in [0.25, 0.3) is 0 Å². The van der Waals surface area contributed by atoms with E-state index in [1.807, 2.05) is 0 Å². The topological polar surface area (TPSA) is 15.3 Å². The van der Waals surface area contributed by atoms with E-state index in [0.717, 1.165) is 11.0 Å². The Kier molecular flexibility index (Phi) is 3.32. The maximum absolute atomic E-state index is 3.57. The molecule has 1 saturated heterocycles. The van der Waals surface area contributed by atoms with Crippen molar-refractivity contribution in [1.82, 2.24) is 4.90 Å². The fourth-order valence-electron chi connectivity index (χ4n) is 2.08. The average Bonchev–Trinajstić information content (AvgIpc) is 2.50. The number of hydrogen-bond donors (Lipinski definition) is 1. The lowest BCUT2D eigenvalue weighted by molar-refractivity contribution is 0.330. The summed E-state index contributed by atoms with van der Waals surface area (Å²) in [6, 6.07) is 9.67. The van der Waals surface area contributed by atoms with Gasteiger partial charge in [0.05, 0.1) is 0 Å². The number of hydrogen-bond acceptors (Lipinski definition) is 2. The van der Waals surface area contributed by atoms with E-state index in [1.165, 1.54) is 12.1 Å². The molecule has 3 heteroatoms. The van der Waals surface area contributed by atoms with E-state index in [-0.39, 0.29) is 0 Å². The molecule has 1 N–H and O–H groups in total. The second-order valence-corrected chi connectivity index (χ2v) is 5.29. The maximum Gasteiger partial charge on any atom is 0.0403 e. The van der Waals surface area contributed by atoms with Gasteiger partial charge in [-0.15, -0.1) is 0 Å². The molecule has 0 aliphatic carbocycles. The van der Waals surface area contributed by atoms with Crippen molar-refractivity contribution in [2.45, 2.75) is 25.4 Å². The van der Waals surface area contributed by atoms with Crippen LogP contribution in [0.3, 0.4) is 0 Å². The van der Waals surface area contributed by atoms with Crippen LogP contribution in [-0.4, -0.2) is 30.6 Å². The zero-order chi connectivity index (χ0) is 10.8. The quantitative estimate of drug-likeness (QED) is 0.888. The van der Waals surface area contributed by atoms with Crippen LogP contribution < -0.4 is 5.32 Å². The lowest BCUT2D eigenvalue weighted by Gasteiger charge is -2.14. The van der Waals surface area contributed by atoms with E-state index in [9.17, 15) is 0 Å². The third kappa shape index (κ3) is 2.73. The Balaban J connectivity index is 1.95.